The smallest absolute Gasteiger partial charge is 0.347 e. The average Bonchev–Trinajstić information content (AvgIpc) is 2.39. The van der Waals surface area contributed by atoms with Crippen LogP contribution in [0.5, 0.6) is 5.75 Å². The van der Waals surface area contributed by atoms with Gasteiger partial charge in [0.25, 0.3) is 0 Å². The third-order valence-electron chi connectivity index (χ3n) is 2.64. The highest BCUT2D eigenvalue weighted by Gasteiger charge is 2.22. The van der Waals surface area contributed by atoms with Crippen LogP contribution in [-0.4, -0.2) is 24.5 Å². The summed E-state index contributed by atoms with van der Waals surface area (Å²) in [6.45, 7) is 5.51. The summed E-state index contributed by atoms with van der Waals surface area (Å²) < 4.78 is 10.6. The molecule has 0 heterocycles. The Hall–Kier alpha value is -1.84. The number of carbonyl (C=O) groups excluding carboxylic acids is 2. The number of hydrogen-bond donors (Lipinski definition) is 0. The number of carbonyl (C=O) groups is 2. The number of ketones is 1. The monoisotopic (exact) mass is 264 g/mol. The summed E-state index contributed by atoms with van der Waals surface area (Å²) in [6.07, 6.45) is 0.696. The second kappa shape index (κ2) is 7.56. The molecule has 0 amide bonds. The molecule has 0 saturated heterocycles. The lowest BCUT2D eigenvalue weighted by atomic mass is 10.1. The van der Waals surface area contributed by atoms with E-state index in [2.05, 4.69) is 0 Å². The first-order valence-corrected chi connectivity index (χ1v) is 6.53. The normalized spacial score (nSPS) is 11.7. The molecule has 4 heteroatoms. The number of para-hydroxylation sites is 1. The molecule has 0 aliphatic carbocycles. The summed E-state index contributed by atoms with van der Waals surface area (Å²) in [6, 6.07) is 6.92. The van der Waals surface area contributed by atoms with Crippen LogP contribution in [0.25, 0.3) is 0 Å². The predicted octanol–water partition coefficient (Wildman–Crippen LogP) is 3.00. The lowest BCUT2D eigenvalue weighted by Crippen LogP contribution is -2.29. The van der Waals surface area contributed by atoms with E-state index in [0.717, 1.165) is 6.42 Å². The van der Waals surface area contributed by atoms with Crippen molar-refractivity contribution >= 4 is 11.8 Å². The minimum atomic E-state index is -0.662. The number of rotatable bonds is 7. The van der Waals surface area contributed by atoms with E-state index in [1.54, 1.807) is 31.2 Å². The lowest BCUT2D eigenvalue weighted by molar-refractivity contribution is -0.151. The Kier molecular flexibility index (Phi) is 6.06. The minimum absolute atomic E-state index is 0.0882. The van der Waals surface area contributed by atoms with Crippen molar-refractivity contribution < 1.29 is 19.1 Å². The third-order valence-corrected chi connectivity index (χ3v) is 2.64. The lowest BCUT2D eigenvalue weighted by Gasteiger charge is -2.18. The van der Waals surface area contributed by atoms with E-state index in [0.29, 0.717) is 24.3 Å². The third kappa shape index (κ3) is 4.39. The van der Waals surface area contributed by atoms with E-state index in [9.17, 15) is 9.59 Å². The van der Waals surface area contributed by atoms with E-state index in [1.807, 2.05) is 6.92 Å². The van der Waals surface area contributed by atoms with Crippen LogP contribution < -0.4 is 4.74 Å². The molecular formula is C15H20O4. The molecule has 0 aliphatic rings. The van der Waals surface area contributed by atoms with Gasteiger partial charge >= 0.3 is 5.97 Å². The van der Waals surface area contributed by atoms with Crippen molar-refractivity contribution in [1.29, 1.82) is 0 Å². The van der Waals surface area contributed by atoms with Gasteiger partial charge in [0.2, 0.25) is 0 Å². The van der Waals surface area contributed by atoms with Gasteiger partial charge in [-0.1, -0.05) is 25.5 Å². The molecule has 4 nitrogen and oxygen atoms in total. The highest BCUT2D eigenvalue weighted by atomic mass is 16.6. The van der Waals surface area contributed by atoms with Gasteiger partial charge in [-0.2, -0.15) is 0 Å². The van der Waals surface area contributed by atoms with Crippen LogP contribution in [0.1, 0.15) is 44.0 Å². The van der Waals surface area contributed by atoms with Crippen LogP contribution in [0.2, 0.25) is 0 Å². The first-order chi connectivity index (χ1) is 9.10. The van der Waals surface area contributed by atoms with Crippen LogP contribution >= 0.6 is 0 Å². The van der Waals surface area contributed by atoms with Crippen molar-refractivity contribution in [1.82, 2.24) is 0 Å². The fraction of sp³-hybridized carbons (Fsp3) is 0.467. The van der Waals surface area contributed by atoms with Gasteiger partial charge in [0.05, 0.1) is 12.2 Å². The Balaban J connectivity index is 2.90. The predicted molar refractivity (Wildman–Crippen MR) is 72.4 cm³/mol. The summed E-state index contributed by atoms with van der Waals surface area (Å²) in [7, 11) is 0. The maximum Gasteiger partial charge on any atom is 0.347 e. The molecular weight excluding hydrogens is 244 g/mol. The zero-order valence-electron chi connectivity index (χ0n) is 11.6. The average molecular weight is 264 g/mol. The first kappa shape index (κ1) is 15.2. The van der Waals surface area contributed by atoms with Gasteiger partial charge in [-0.15, -0.1) is 0 Å². The quantitative estimate of drug-likeness (QED) is 0.561. The molecule has 0 aromatic heterocycles. The number of hydrogen-bond acceptors (Lipinski definition) is 4. The largest absolute Gasteiger partial charge is 0.478 e. The van der Waals surface area contributed by atoms with Gasteiger partial charge in [-0.3, -0.25) is 4.79 Å². The van der Waals surface area contributed by atoms with E-state index < -0.39 is 6.10 Å². The van der Waals surface area contributed by atoms with E-state index in [1.165, 1.54) is 6.92 Å². The fourth-order valence-electron chi connectivity index (χ4n) is 1.74. The molecule has 0 N–H and O–H groups in total. The molecule has 0 fully saturated rings. The zero-order valence-corrected chi connectivity index (χ0v) is 11.6. The second-order valence-corrected chi connectivity index (χ2v) is 4.20. The maximum atomic E-state index is 11.8. The van der Waals surface area contributed by atoms with Crippen molar-refractivity contribution in [2.45, 2.75) is 39.7 Å². The second-order valence-electron chi connectivity index (χ2n) is 4.20. The molecule has 1 unspecified atom stereocenters. The Morgan fingerprint density at radius 2 is 1.89 bits per heavy atom. The Morgan fingerprint density at radius 3 is 2.47 bits per heavy atom. The van der Waals surface area contributed by atoms with E-state index >= 15 is 0 Å². The SMILES string of the molecule is CCCC(Oc1ccccc1C(C)=O)C(=O)OCC. The summed E-state index contributed by atoms with van der Waals surface area (Å²) in [4.78, 5) is 23.3. The van der Waals surface area contributed by atoms with Gasteiger partial charge < -0.3 is 9.47 Å². The van der Waals surface area contributed by atoms with Crippen molar-refractivity contribution in [3.05, 3.63) is 29.8 Å². The van der Waals surface area contributed by atoms with Crippen LogP contribution in [0.3, 0.4) is 0 Å². The number of ether oxygens (including phenoxy) is 2. The molecule has 0 spiro atoms. The molecule has 104 valence electrons. The molecule has 1 rings (SSSR count). The molecule has 1 atom stereocenters. The van der Waals surface area contributed by atoms with Crippen molar-refractivity contribution in [3.63, 3.8) is 0 Å². The summed E-state index contributed by atoms with van der Waals surface area (Å²) in [5.74, 6) is -0.0427. The first-order valence-electron chi connectivity index (χ1n) is 6.53. The van der Waals surface area contributed by atoms with Crippen LogP contribution in [0.4, 0.5) is 0 Å². The fourth-order valence-corrected chi connectivity index (χ4v) is 1.74. The summed E-state index contributed by atoms with van der Waals surface area (Å²) in [5.41, 5.74) is 0.480. The number of esters is 1. The van der Waals surface area contributed by atoms with Gasteiger partial charge in [0, 0.05) is 0 Å². The highest BCUT2D eigenvalue weighted by molar-refractivity contribution is 5.96. The molecule has 0 radical (unpaired) electrons. The standard InChI is InChI=1S/C15H20O4/c1-4-8-14(15(17)18-5-2)19-13-10-7-6-9-12(13)11(3)16/h6-7,9-10,14H,4-5,8H2,1-3H3. The Morgan fingerprint density at radius 1 is 1.21 bits per heavy atom. The maximum absolute atomic E-state index is 11.8. The van der Waals surface area contributed by atoms with Crippen molar-refractivity contribution in [2.75, 3.05) is 6.61 Å². The Bertz CT molecular complexity index is 440. The molecule has 19 heavy (non-hydrogen) atoms. The molecule has 0 saturated carbocycles. The van der Waals surface area contributed by atoms with Gasteiger partial charge in [0.15, 0.2) is 11.9 Å². The molecule has 1 aromatic carbocycles. The highest BCUT2D eigenvalue weighted by Crippen LogP contribution is 2.21. The van der Waals surface area contributed by atoms with Crippen molar-refractivity contribution in [2.24, 2.45) is 0 Å². The zero-order chi connectivity index (χ0) is 14.3. The van der Waals surface area contributed by atoms with E-state index in [-0.39, 0.29) is 11.8 Å². The van der Waals surface area contributed by atoms with Crippen LogP contribution in [-0.2, 0) is 9.53 Å². The summed E-state index contributed by atoms with van der Waals surface area (Å²) in [5, 5.41) is 0. The molecule has 1 aromatic rings. The number of Topliss-reactive ketones (excluding diaryl/α,β-unsaturated/α-hetero) is 1. The van der Waals surface area contributed by atoms with Gasteiger partial charge in [0.1, 0.15) is 5.75 Å². The van der Waals surface area contributed by atoms with E-state index in [4.69, 9.17) is 9.47 Å². The van der Waals surface area contributed by atoms with Crippen molar-refractivity contribution in [3.8, 4) is 5.75 Å². The Labute approximate surface area is 113 Å². The number of benzene rings is 1. The van der Waals surface area contributed by atoms with Gasteiger partial charge in [-0.05, 0) is 32.4 Å². The molecule has 0 bridgehead atoms. The minimum Gasteiger partial charge on any atom is -0.478 e. The topological polar surface area (TPSA) is 52.6 Å². The molecule has 0 aliphatic heterocycles. The van der Waals surface area contributed by atoms with Crippen LogP contribution in [0.15, 0.2) is 24.3 Å². The van der Waals surface area contributed by atoms with Gasteiger partial charge in [-0.25, -0.2) is 4.79 Å². The van der Waals surface area contributed by atoms with Crippen LogP contribution in [0, 0.1) is 0 Å². The summed E-state index contributed by atoms with van der Waals surface area (Å²) >= 11 is 0.